The molecule has 2 heterocycles. The summed E-state index contributed by atoms with van der Waals surface area (Å²) in [6.45, 7) is 0.118. The van der Waals surface area contributed by atoms with Gasteiger partial charge < -0.3 is 5.32 Å². The van der Waals surface area contributed by atoms with Gasteiger partial charge in [0.25, 0.3) is 10.0 Å². The molecule has 34 heavy (non-hydrogen) atoms. The van der Waals surface area contributed by atoms with E-state index in [4.69, 9.17) is 0 Å². The Balaban J connectivity index is 1.32. The van der Waals surface area contributed by atoms with E-state index < -0.39 is 34.3 Å². The Morgan fingerprint density at radius 2 is 1.68 bits per heavy atom. The Morgan fingerprint density at radius 1 is 1.00 bits per heavy atom. The van der Waals surface area contributed by atoms with Gasteiger partial charge in [-0.25, -0.2) is 13.4 Å². The number of carbonyl (C=O) groups excluding carboxylic acids is 3. The van der Waals surface area contributed by atoms with E-state index in [1.165, 1.54) is 30.5 Å². The number of benzene rings is 2. The molecule has 1 fully saturated rings. The maximum absolute atomic E-state index is 12.5. The second-order valence-corrected chi connectivity index (χ2v) is 10.1. The molecule has 0 unspecified atom stereocenters. The minimum atomic E-state index is -3.81. The lowest BCUT2D eigenvalue weighted by Gasteiger charge is -2.32. The van der Waals surface area contributed by atoms with Crippen molar-refractivity contribution in [1.82, 2.24) is 14.8 Å². The van der Waals surface area contributed by atoms with Crippen LogP contribution >= 0.6 is 11.3 Å². The van der Waals surface area contributed by atoms with Gasteiger partial charge >= 0.3 is 0 Å². The summed E-state index contributed by atoms with van der Waals surface area (Å²) in [5, 5.41) is 4.48. The lowest BCUT2D eigenvalue weighted by molar-refractivity contribution is -0.153. The van der Waals surface area contributed by atoms with Gasteiger partial charge in [0, 0.05) is 23.8 Å². The van der Waals surface area contributed by atoms with Gasteiger partial charge in [0.05, 0.1) is 18.0 Å². The van der Waals surface area contributed by atoms with Crippen molar-refractivity contribution in [3.05, 3.63) is 71.7 Å². The standard InChI is InChI=1S/C22H21N5O5S2/c28-19(13-27-20(29)14-26(15-21(27)30)12-16-4-2-1-3-5-16)24-17-6-8-18(9-7-17)34(31,32)25-22-23-10-11-33-22/h1-11H,12-15H2,(H,23,25)(H,24,28). The van der Waals surface area contributed by atoms with Crippen LogP contribution in [0.5, 0.6) is 0 Å². The van der Waals surface area contributed by atoms with Gasteiger partial charge in [-0.15, -0.1) is 11.3 Å². The molecule has 2 N–H and O–H groups in total. The number of hydrogen-bond donors (Lipinski definition) is 2. The number of piperazine rings is 1. The number of hydrogen-bond acceptors (Lipinski definition) is 8. The third-order valence-electron chi connectivity index (χ3n) is 4.97. The van der Waals surface area contributed by atoms with Crippen molar-refractivity contribution in [2.24, 2.45) is 0 Å². The number of carbonyl (C=O) groups is 3. The SMILES string of the molecule is O=C(CN1C(=O)CN(Cc2ccccc2)CC1=O)Nc1ccc(S(=O)(=O)Nc2nccs2)cc1. The largest absolute Gasteiger partial charge is 0.325 e. The van der Waals surface area contributed by atoms with Crippen LogP contribution in [0.3, 0.4) is 0 Å². The van der Waals surface area contributed by atoms with Gasteiger partial charge in [-0.1, -0.05) is 30.3 Å². The summed E-state index contributed by atoms with van der Waals surface area (Å²) < 4.78 is 27.1. The summed E-state index contributed by atoms with van der Waals surface area (Å²) >= 11 is 1.15. The molecule has 1 aliphatic rings. The van der Waals surface area contributed by atoms with Crippen molar-refractivity contribution in [1.29, 1.82) is 0 Å². The molecule has 176 valence electrons. The number of nitrogens with zero attached hydrogens (tertiary/aromatic N) is 3. The zero-order valence-electron chi connectivity index (χ0n) is 17.9. The predicted molar refractivity (Wildman–Crippen MR) is 126 cm³/mol. The number of nitrogens with one attached hydrogen (secondary N) is 2. The average Bonchev–Trinajstić information content (AvgIpc) is 3.30. The fourth-order valence-electron chi connectivity index (χ4n) is 3.39. The fourth-order valence-corrected chi connectivity index (χ4v) is 5.18. The highest BCUT2D eigenvalue weighted by atomic mass is 32.2. The quantitative estimate of drug-likeness (QED) is 0.452. The van der Waals surface area contributed by atoms with Gasteiger partial charge in [-0.2, -0.15) is 0 Å². The molecule has 0 spiro atoms. The van der Waals surface area contributed by atoms with E-state index in [2.05, 4.69) is 15.0 Å². The molecule has 0 aliphatic carbocycles. The summed E-state index contributed by atoms with van der Waals surface area (Å²) in [5.74, 6) is -1.45. The Kier molecular flexibility index (Phi) is 7.01. The van der Waals surface area contributed by atoms with Crippen LogP contribution in [-0.4, -0.2) is 60.6 Å². The Morgan fingerprint density at radius 3 is 2.29 bits per heavy atom. The highest BCUT2D eigenvalue weighted by Gasteiger charge is 2.32. The van der Waals surface area contributed by atoms with Crippen molar-refractivity contribution in [2.75, 3.05) is 29.7 Å². The maximum atomic E-state index is 12.5. The first-order valence-corrected chi connectivity index (χ1v) is 12.6. The van der Waals surface area contributed by atoms with E-state index in [9.17, 15) is 22.8 Å². The van der Waals surface area contributed by atoms with Crippen LogP contribution in [-0.2, 0) is 31.0 Å². The second kappa shape index (κ2) is 10.1. The van der Waals surface area contributed by atoms with E-state index in [0.717, 1.165) is 21.8 Å². The van der Waals surface area contributed by atoms with Gasteiger partial charge in [0.15, 0.2) is 5.13 Å². The molecule has 0 atom stereocenters. The summed E-state index contributed by atoms with van der Waals surface area (Å²) in [4.78, 5) is 44.0. The first-order valence-electron chi connectivity index (χ1n) is 10.2. The lowest BCUT2D eigenvalue weighted by atomic mass is 10.2. The van der Waals surface area contributed by atoms with Crippen molar-refractivity contribution in [3.8, 4) is 0 Å². The number of amides is 3. The second-order valence-electron chi connectivity index (χ2n) is 7.52. The molecule has 0 saturated carbocycles. The number of imide groups is 1. The summed E-state index contributed by atoms with van der Waals surface area (Å²) in [7, 11) is -3.81. The topological polar surface area (TPSA) is 129 Å². The highest BCUT2D eigenvalue weighted by molar-refractivity contribution is 7.93. The first-order chi connectivity index (χ1) is 16.3. The minimum absolute atomic E-state index is 0.000549. The number of anilines is 2. The van der Waals surface area contributed by atoms with Crippen LogP contribution < -0.4 is 10.0 Å². The van der Waals surface area contributed by atoms with Crippen LogP contribution in [0.2, 0.25) is 0 Å². The molecule has 0 bridgehead atoms. The Labute approximate surface area is 200 Å². The molecule has 10 nitrogen and oxygen atoms in total. The molecule has 3 amide bonds. The smallest absolute Gasteiger partial charge is 0.263 e. The van der Waals surface area contributed by atoms with Crippen molar-refractivity contribution in [2.45, 2.75) is 11.4 Å². The van der Waals surface area contributed by atoms with Crippen LogP contribution in [0.25, 0.3) is 0 Å². The van der Waals surface area contributed by atoms with Gasteiger partial charge in [0.2, 0.25) is 17.7 Å². The molecular formula is C22H21N5O5S2. The van der Waals surface area contributed by atoms with Gasteiger partial charge in [-0.3, -0.25) is 28.9 Å². The number of thiazole rings is 1. The molecule has 1 aromatic heterocycles. The first kappa shape index (κ1) is 23.5. The Bertz CT molecular complexity index is 1260. The van der Waals surface area contributed by atoms with Crippen molar-refractivity contribution < 1.29 is 22.8 Å². The van der Waals surface area contributed by atoms with Crippen LogP contribution in [0.15, 0.2) is 71.1 Å². The number of rotatable bonds is 8. The van der Waals surface area contributed by atoms with E-state index >= 15 is 0 Å². The highest BCUT2D eigenvalue weighted by Crippen LogP contribution is 2.19. The zero-order valence-corrected chi connectivity index (χ0v) is 19.5. The van der Waals surface area contributed by atoms with Crippen molar-refractivity contribution in [3.63, 3.8) is 0 Å². The Hall–Kier alpha value is -3.61. The number of sulfonamides is 1. The van der Waals surface area contributed by atoms with E-state index in [1.54, 1.807) is 10.3 Å². The monoisotopic (exact) mass is 499 g/mol. The minimum Gasteiger partial charge on any atom is -0.325 e. The van der Waals surface area contributed by atoms with Crippen LogP contribution in [0.1, 0.15) is 5.56 Å². The summed E-state index contributed by atoms with van der Waals surface area (Å²) in [6.07, 6.45) is 1.49. The third-order valence-corrected chi connectivity index (χ3v) is 7.15. The number of aromatic nitrogens is 1. The molecule has 0 radical (unpaired) electrons. The summed E-state index contributed by atoms with van der Waals surface area (Å²) in [5.41, 5.74) is 1.32. The summed E-state index contributed by atoms with van der Waals surface area (Å²) in [6, 6.07) is 15.0. The maximum Gasteiger partial charge on any atom is 0.263 e. The zero-order chi connectivity index (χ0) is 24.1. The van der Waals surface area contributed by atoms with Crippen LogP contribution in [0.4, 0.5) is 10.8 Å². The average molecular weight is 500 g/mol. The molecule has 2 aromatic carbocycles. The van der Waals surface area contributed by atoms with Crippen LogP contribution in [0, 0.1) is 0 Å². The van der Waals surface area contributed by atoms with E-state index in [1.807, 2.05) is 30.3 Å². The van der Waals surface area contributed by atoms with Crippen molar-refractivity contribution >= 4 is 49.9 Å². The predicted octanol–water partition coefficient (Wildman–Crippen LogP) is 1.75. The fraction of sp³-hybridized carbons (Fsp3) is 0.182. The molecular weight excluding hydrogens is 478 g/mol. The molecule has 12 heteroatoms. The third kappa shape index (κ3) is 5.84. The molecule has 1 aliphatic heterocycles. The van der Waals surface area contributed by atoms with E-state index in [-0.39, 0.29) is 23.1 Å². The van der Waals surface area contributed by atoms with Gasteiger partial charge in [0.1, 0.15) is 6.54 Å². The molecule has 4 rings (SSSR count). The molecule has 3 aromatic rings. The van der Waals surface area contributed by atoms with Gasteiger partial charge in [-0.05, 0) is 29.8 Å². The lowest BCUT2D eigenvalue weighted by Crippen LogP contribution is -2.55. The normalized spacial score (nSPS) is 14.8. The van der Waals surface area contributed by atoms with E-state index in [0.29, 0.717) is 12.2 Å². The molecule has 1 saturated heterocycles.